The van der Waals surface area contributed by atoms with Crippen molar-refractivity contribution >= 4 is 23.4 Å². The van der Waals surface area contributed by atoms with E-state index in [0.717, 1.165) is 18.5 Å². The van der Waals surface area contributed by atoms with Gasteiger partial charge in [0.1, 0.15) is 0 Å². The number of nitrogens with zero attached hydrogens (tertiary/aromatic N) is 1. The van der Waals surface area contributed by atoms with E-state index in [1.54, 1.807) is 12.1 Å². The summed E-state index contributed by atoms with van der Waals surface area (Å²) in [5.74, 6) is 0.498. The molecule has 1 aliphatic rings. The Kier molecular flexibility index (Phi) is 5.01. The van der Waals surface area contributed by atoms with E-state index in [4.69, 9.17) is 11.6 Å². The number of likely N-dealkylation sites (tertiary alicyclic amines) is 1. The first kappa shape index (κ1) is 14.9. The zero-order valence-corrected chi connectivity index (χ0v) is 12.3. The van der Waals surface area contributed by atoms with Crippen LogP contribution >= 0.6 is 11.6 Å². The molecule has 5 heteroatoms. The number of amides is 2. The molecule has 1 aromatic rings. The molecule has 20 heavy (non-hydrogen) atoms. The first-order chi connectivity index (χ1) is 9.60. The number of nitrogens with one attached hydrogen (secondary N) is 1. The smallest absolute Gasteiger partial charge is 0.251 e. The van der Waals surface area contributed by atoms with Crippen LogP contribution in [-0.4, -0.2) is 35.8 Å². The van der Waals surface area contributed by atoms with Gasteiger partial charge in [0.05, 0.1) is 0 Å². The van der Waals surface area contributed by atoms with Crippen molar-refractivity contribution in [2.24, 2.45) is 0 Å². The molecule has 2 amide bonds. The quantitative estimate of drug-likeness (QED) is 0.846. The minimum atomic E-state index is -0.120. The average Bonchev–Trinajstić information content (AvgIpc) is 2.84. The van der Waals surface area contributed by atoms with Gasteiger partial charge in [-0.2, -0.15) is 0 Å². The van der Waals surface area contributed by atoms with E-state index in [-0.39, 0.29) is 17.9 Å². The maximum atomic E-state index is 12.1. The second-order valence-corrected chi connectivity index (χ2v) is 5.42. The Labute approximate surface area is 124 Å². The number of rotatable bonds is 5. The van der Waals surface area contributed by atoms with Crippen molar-refractivity contribution < 1.29 is 9.59 Å². The second-order valence-electron chi connectivity index (χ2n) is 5.15. The van der Waals surface area contributed by atoms with Gasteiger partial charge in [-0.25, -0.2) is 0 Å². The van der Waals surface area contributed by atoms with Gasteiger partial charge >= 0.3 is 0 Å². The summed E-state index contributed by atoms with van der Waals surface area (Å²) in [5, 5.41) is 2.92. The summed E-state index contributed by atoms with van der Waals surface area (Å²) in [4.78, 5) is 25.4. The Balaban J connectivity index is 1.87. The van der Waals surface area contributed by atoms with Crippen LogP contribution in [0, 0.1) is 0 Å². The molecule has 4 nitrogen and oxygen atoms in total. The summed E-state index contributed by atoms with van der Waals surface area (Å²) in [5.41, 5.74) is 1.59. The molecule has 1 saturated heterocycles. The third-order valence-corrected chi connectivity index (χ3v) is 3.72. The monoisotopic (exact) mass is 294 g/mol. The molecule has 0 bridgehead atoms. The standard InChI is InChI=1S/C15H19ClN2O2/c1-11(10-18-8-2-3-14(18)19)17-15(20)13-6-4-12(9-16)5-7-13/h4-7,11H,2-3,8-10H2,1H3,(H,17,20). The number of carbonyl (C=O) groups excluding carboxylic acids is 2. The second kappa shape index (κ2) is 6.75. The lowest BCUT2D eigenvalue weighted by molar-refractivity contribution is -0.127. The molecule has 0 saturated carbocycles. The molecule has 2 rings (SSSR count). The topological polar surface area (TPSA) is 49.4 Å². The van der Waals surface area contributed by atoms with Crippen molar-refractivity contribution in [2.75, 3.05) is 13.1 Å². The molecule has 1 heterocycles. The number of hydrogen-bond donors (Lipinski definition) is 1. The van der Waals surface area contributed by atoms with Gasteiger partial charge in [0.2, 0.25) is 5.91 Å². The van der Waals surface area contributed by atoms with Crippen molar-refractivity contribution in [1.82, 2.24) is 10.2 Å². The van der Waals surface area contributed by atoms with Gasteiger partial charge in [-0.15, -0.1) is 11.6 Å². The molecule has 1 fully saturated rings. The van der Waals surface area contributed by atoms with Crippen LogP contribution in [0.1, 0.15) is 35.7 Å². The fourth-order valence-electron chi connectivity index (χ4n) is 2.33. The van der Waals surface area contributed by atoms with E-state index >= 15 is 0 Å². The lowest BCUT2D eigenvalue weighted by atomic mass is 10.1. The SMILES string of the molecule is CC(CN1CCCC1=O)NC(=O)c1ccc(CCl)cc1. The van der Waals surface area contributed by atoms with Gasteiger partial charge < -0.3 is 10.2 Å². The van der Waals surface area contributed by atoms with Crippen molar-refractivity contribution in [3.63, 3.8) is 0 Å². The van der Waals surface area contributed by atoms with E-state index in [9.17, 15) is 9.59 Å². The van der Waals surface area contributed by atoms with Crippen molar-refractivity contribution in [2.45, 2.75) is 31.7 Å². The Morgan fingerprint density at radius 1 is 1.40 bits per heavy atom. The van der Waals surface area contributed by atoms with Crippen LogP contribution in [-0.2, 0) is 10.7 Å². The highest BCUT2D eigenvalue weighted by Crippen LogP contribution is 2.10. The Morgan fingerprint density at radius 2 is 2.10 bits per heavy atom. The average molecular weight is 295 g/mol. The van der Waals surface area contributed by atoms with Crippen LogP contribution in [0.25, 0.3) is 0 Å². The Hall–Kier alpha value is -1.55. The number of carbonyl (C=O) groups is 2. The van der Waals surface area contributed by atoms with Gasteiger partial charge in [0.25, 0.3) is 5.91 Å². The molecule has 1 aliphatic heterocycles. The third-order valence-electron chi connectivity index (χ3n) is 3.41. The van der Waals surface area contributed by atoms with E-state index in [1.807, 2.05) is 24.0 Å². The first-order valence-corrected chi connectivity index (χ1v) is 7.37. The third kappa shape index (κ3) is 3.73. The van der Waals surface area contributed by atoms with Gasteiger partial charge in [-0.05, 0) is 31.0 Å². The molecule has 108 valence electrons. The summed E-state index contributed by atoms with van der Waals surface area (Å²) in [6.07, 6.45) is 1.54. The van der Waals surface area contributed by atoms with E-state index in [2.05, 4.69) is 5.32 Å². The van der Waals surface area contributed by atoms with Crippen molar-refractivity contribution in [3.05, 3.63) is 35.4 Å². The Morgan fingerprint density at radius 3 is 2.65 bits per heavy atom. The summed E-state index contributed by atoms with van der Waals surface area (Å²) < 4.78 is 0. The first-order valence-electron chi connectivity index (χ1n) is 6.83. The lowest BCUT2D eigenvalue weighted by Crippen LogP contribution is -2.42. The minimum Gasteiger partial charge on any atom is -0.348 e. The lowest BCUT2D eigenvalue weighted by Gasteiger charge is -2.21. The number of benzene rings is 1. The normalized spacial score (nSPS) is 16.3. The molecule has 0 radical (unpaired) electrons. The van der Waals surface area contributed by atoms with Crippen LogP contribution in [0.15, 0.2) is 24.3 Å². The molecular formula is C15H19ClN2O2. The van der Waals surface area contributed by atoms with Crippen molar-refractivity contribution in [3.8, 4) is 0 Å². The van der Waals surface area contributed by atoms with Crippen molar-refractivity contribution in [1.29, 1.82) is 0 Å². The predicted octanol–water partition coefficient (Wildman–Crippen LogP) is 2.17. The summed E-state index contributed by atoms with van der Waals surface area (Å²) in [6.45, 7) is 3.28. The number of alkyl halides is 1. The van der Waals surface area contributed by atoms with Crippen LogP contribution < -0.4 is 5.32 Å². The van der Waals surface area contributed by atoms with Gasteiger partial charge in [0, 0.05) is 37.0 Å². The zero-order chi connectivity index (χ0) is 14.5. The fraction of sp³-hybridized carbons (Fsp3) is 0.467. The largest absolute Gasteiger partial charge is 0.348 e. The highest BCUT2D eigenvalue weighted by Gasteiger charge is 2.22. The molecule has 0 aromatic heterocycles. The molecular weight excluding hydrogens is 276 g/mol. The molecule has 1 N–H and O–H groups in total. The van der Waals surface area contributed by atoms with Crippen LogP contribution in [0.2, 0.25) is 0 Å². The highest BCUT2D eigenvalue weighted by molar-refractivity contribution is 6.17. The zero-order valence-electron chi connectivity index (χ0n) is 11.6. The number of hydrogen-bond acceptors (Lipinski definition) is 2. The Bertz CT molecular complexity index is 487. The summed E-state index contributed by atoms with van der Waals surface area (Å²) in [6, 6.07) is 7.16. The maximum Gasteiger partial charge on any atom is 0.251 e. The maximum absolute atomic E-state index is 12.1. The highest BCUT2D eigenvalue weighted by atomic mass is 35.5. The van der Waals surface area contributed by atoms with Crippen LogP contribution in [0.4, 0.5) is 0 Å². The van der Waals surface area contributed by atoms with Crippen LogP contribution in [0.3, 0.4) is 0 Å². The number of halogens is 1. The van der Waals surface area contributed by atoms with Crippen LogP contribution in [0.5, 0.6) is 0 Å². The molecule has 1 unspecified atom stereocenters. The molecule has 1 aromatic carbocycles. The summed E-state index contributed by atoms with van der Waals surface area (Å²) >= 11 is 5.71. The van der Waals surface area contributed by atoms with Gasteiger partial charge in [-0.3, -0.25) is 9.59 Å². The molecule has 0 spiro atoms. The molecule has 1 atom stereocenters. The van der Waals surface area contributed by atoms with E-state index in [1.165, 1.54) is 0 Å². The predicted molar refractivity (Wildman–Crippen MR) is 78.7 cm³/mol. The minimum absolute atomic E-state index is 0.0581. The summed E-state index contributed by atoms with van der Waals surface area (Å²) in [7, 11) is 0. The fourth-order valence-corrected chi connectivity index (χ4v) is 2.50. The molecule has 0 aliphatic carbocycles. The van der Waals surface area contributed by atoms with E-state index < -0.39 is 0 Å². The van der Waals surface area contributed by atoms with Gasteiger partial charge in [-0.1, -0.05) is 12.1 Å². The van der Waals surface area contributed by atoms with E-state index in [0.29, 0.717) is 24.4 Å². The van der Waals surface area contributed by atoms with Gasteiger partial charge in [0.15, 0.2) is 0 Å².